The SMILES string of the molecule is CNc1ccn2c(-c3ccccc3Cl)ncc2c1. The lowest BCUT2D eigenvalue weighted by Gasteiger charge is -2.05. The van der Waals surface area contributed by atoms with Crippen LogP contribution in [0.3, 0.4) is 0 Å². The van der Waals surface area contributed by atoms with Gasteiger partial charge in [-0.2, -0.15) is 0 Å². The predicted molar refractivity (Wildman–Crippen MR) is 75.2 cm³/mol. The van der Waals surface area contributed by atoms with Gasteiger partial charge in [0.15, 0.2) is 0 Å². The number of fused-ring (bicyclic) bond motifs is 1. The van der Waals surface area contributed by atoms with Gasteiger partial charge in [0, 0.05) is 24.5 Å². The van der Waals surface area contributed by atoms with Gasteiger partial charge in [-0.25, -0.2) is 4.98 Å². The molecule has 90 valence electrons. The topological polar surface area (TPSA) is 29.3 Å². The second kappa shape index (κ2) is 4.35. The Balaban J connectivity index is 2.22. The highest BCUT2D eigenvalue weighted by Crippen LogP contribution is 2.27. The Morgan fingerprint density at radius 1 is 1.22 bits per heavy atom. The fourth-order valence-corrected chi connectivity index (χ4v) is 2.22. The van der Waals surface area contributed by atoms with Crippen molar-refractivity contribution in [2.24, 2.45) is 0 Å². The van der Waals surface area contributed by atoms with Gasteiger partial charge in [-0.3, -0.25) is 4.40 Å². The Kier molecular flexibility index (Phi) is 2.68. The first-order chi connectivity index (χ1) is 8.79. The summed E-state index contributed by atoms with van der Waals surface area (Å²) in [6.45, 7) is 0. The minimum absolute atomic E-state index is 0.711. The van der Waals surface area contributed by atoms with Crippen molar-refractivity contribution in [1.29, 1.82) is 0 Å². The summed E-state index contributed by atoms with van der Waals surface area (Å²) in [6.07, 6.45) is 3.84. The first kappa shape index (κ1) is 11.1. The number of nitrogens with zero attached hydrogens (tertiary/aromatic N) is 2. The summed E-state index contributed by atoms with van der Waals surface area (Å²) >= 11 is 6.21. The minimum atomic E-state index is 0.711. The third-order valence-corrected chi connectivity index (χ3v) is 3.27. The Labute approximate surface area is 110 Å². The summed E-state index contributed by atoms with van der Waals surface area (Å²) in [4.78, 5) is 4.45. The van der Waals surface area contributed by atoms with E-state index in [-0.39, 0.29) is 0 Å². The van der Waals surface area contributed by atoms with Crippen molar-refractivity contribution in [2.75, 3.05) is 12.4 Å². The van der Waals surface area contributed by atoms with E-state index in [1.54, 1.807) is 0 Å². The smallest absolute Gasteiger partial charge is 0.145 e. The molecule has 4 heteroatoms. The first-order valence-electron chi connectivity index (χ1n) is 5.69. The Morgan fingerprint density at radius 2 is 2.06 bits per heavy atom. The molecule has 2 heterocycles. The average Bonchev–Trinajstić information content (AvgIpc) is 2.82. The van der Waals surface area contributed by atoms with Crippen molar-refractivity contribution >= 4 is 22.8 Å². The summed E-state index contributed by atoms with van der Waals surface area (Å²) in [7, 11) is 1.90. The summed E-state index contributed by atoms with van der Waals surface area (Å²) in [5, 5.41) is 3.82. The van der Waals surface area contributed by atoms with Crippen molar-refractivity contribution < 1.29 is 0 Å². The van der Waals surface area contributed by atoms with Gasteiger partial charge in [0.05, 0.1) is 16.7 Å². The van der Waals surface area contributed by atoms with E-state index in [9.17, 15) is 0 Å². The molecule has 0 fully saturated rings. The zero-order chi connectivity index (χ0) is 12.5. The zero-order valence-electron chi connectivity index (χ0n) is 9.89. The number of imidazole rings is 1. The van der Waals surface area contributed by atoms with Gasteiger partial charge in [-0.05, 0) is 24.3 Å². The molecule has 0 bridgehead atoms. The Bertz CT molecular complexity index is 703. The summed E-state index contributed by atoms with van der Waals surface area (Å²) in [5.74, 6) is 0.859. The number of benzene rings is 1. The van der Waals surface area contributed by atoms with Gasteiger partial charge in [-0.15, -0.1) is 0 Å². The van der Waals surface area contributed by atoms with E-state index in [4.69, 9.17) is 11.6 Å². The van der Waals surface area contributed by atoms with E-state index in [0.717, 1.165) is 22.6 Å². The molecule has 1 aromatic carbocycles. The lowest BCUT2D eigenvalue weighted by atomic mass is 10.2. The van der Waals surface area contributed by atoms with Gasteiger partial charge < -0.3 is 5.32 Å². The van der Waals surface area contributed by atoms with Crippen LogP contribution in [0.1, 0.15) is 0 Å². The quantitative estimate of drug-likeness (QED) is 0.759. The number of anilines is 1. The number of hydrogen-bond donors (Lipinski definition) is 1. The van der Waals surface area contributed by atoms with E-state index < -0.39 is 0 Å². The van der Waals surface area contributed by atoms with E-state index in [2.05, 4.69) is 10.3 Å². The van der Waals surface area contributed by atoms with Crippen LogP contribution < -0.4 is 5.32 Å². The van der Waals surface area contributed by atoms with Crippen LogP contribution in [-0.2, 0) is 0 Å². The van der Waals surface area contributed by atoms with Crippen molar-refractivity contribution in [2.45, 2.75) is 0 Å². The van der Waals surface area contributed by atoms with Crippen molar-refractivity contribution in [3.05, 3.63) is 53.8 Å². The molecule has 0 radical (unpaired) electrons. The number of aromatic nitrogens is 2. The van der Waals surface area contributed by atoms with Crippen LogP contribution in [0.2, 0.25) is 5.02 Å². The van der Waals surface area contributed by atoms with Crippen LogP contribution in [0.25, 0.3) is 16.9 Å². The van der Waals surface area contributed by atoms with E-state index in [1.165, 1.54) is 0 Å². The fourth-order valence-electron chi connectivity index (χ4n) is 2.00. The molecule has 3 nitrogen and oxygen atoms in total. The highest BCUT2D eigenvalue weighted by atomic mass is 35.5. The van der Waals surface area contributed by atoms with Crippen LogP contribution in [0, 0.1) is 0 Å². The molecule has 0 spiro atoms. The maximum atomic E-state index is 6.21. The summed E-state index contributed by atoms with van der Waals surface area (Å²) < 4.78 is 2.03. The van der Waals surface area contributed by atoms with Gasteiger partial charge in [0.2, 0.25) is 0 Å². The molecule has 0 unspecified atom stereocenters. The van der Waals surface area contributed by atoms with Crippen LogP contribution in [0.5, 0.6) is 0 Å². The molecule has 1 N–H and O–H groups in total. The fraction of sp³-hybridized carbons (Fsp3) is 0.0714. The maximum absolute atomic E-state index is 6.21. The molecular weight excluding hydrogens is 246 g/mol. The molecule has 0 atom stereocenters. The lowest BCUT2D eigenvalue weighted by Crippen LogP contribution is -1.92. The van der Waals surface area contributed by atoms with Crippen molar-refractivity contribution in [1.82, 2.24) is 9.38 Å². The van der Waals surface area contributed by atoms with Crippen molar-refractivity contribution in [3.8, 4) is 11.4 Å². The van der Waals surface area contributed by atoms with Crippen molar-refractivity contribution in [3.63, 3.8) is 0 Å². The molecular formula is C14H12ClN3. The second-order valence-electron chi connectivity index (χ2n) is 4.02. The third-order valence-electron chi connectivity index (χ3n) is 2.94. The van der Waals surface area contributed by atoms with Crippen LogP contribution >= 0.6 is 11.6 Å². The second-order valence-corrected chi connectivity index (χ2v) is 4.43. The largest absolute Gasteiger partial charge is 0.388 e. The molecule has 0 amide bonds. The van der Waals surface area contributed by atoms with Crippen LogP contribution in [0.4, 0.5) is 5.69 Å². The summed E-state index contributed by atoms with van der Waals surface area (Å²) in [5.41, 5.74) is 3.04. The average molecular weight is 258 g/mol. The molecule has 3 rings (SSSR count). The van der Waals surface area contributed by atoms with Gasteiger partial charge in [0.1, 0.15) is 5.82 Å². The van der Waals surface area contributed by atoms with E-state index in [0.29, 0.717) is 5.02 Å². The Hall–Kier alpha value is -2.00. The monoisotopic (exact) mass is 257 g/mol. The number of pyridine rings is 1. The number of halogens is 1. The first-order valence-corrected chi connectivity index (χ1v) is 6.07. The van der Waals surface area contributed by atoms with E-state index >= 15 is 0 Å². The molecule has 0 aliphatic rings. The molecule has 18 heavy (non-hydrogen) atoms. The minimum Gasteiger partial charge on any atom is -0.388 e. The van der Waals surface area contributed by atoms with E-state index in [1.807, 2.05) is 60.2 Å². The lowest BCUT2D eigenvalue weighted by molar-refractivity contribution is 1.16. The molecule has 0 saturated carbocycles. The standard InChI is InChI=1S/C14H12ClN3/c1-16-10-6-7-18-11(8-10)9-17-14(18)12-4-2-3-5-13(12)15/h2-9,16H,1H3. The number of hydrogen-bond acceptors (Lipinski definition) is 2. The number of nitrogens with one attached hydrogen (secondary N) is 1. The normalized spacial score (nSPS) is 10.8. The number of rotatable bonds is 2. The Morgan fingerprint density at radius 3 is 2.83 bits per heavy atom. The maximum Gasteiger partial charge on any atom is 0.145 e. The predicted octanol–water partition coefficient (Wildman–Crippen LogP) is 3.70. The molecule has 0 saturated heterocycles. The van der Waals surface area contributed by atoms with Gasteiger partial charge in [0.25, 0.3) is 0 Å². The van der Waals surface area contributed by atoms with Gasteiger partial charge >= 0.3 is 0 Å². The summed E-state index contributed by atoms with van der Waals surface area (Å²) in [6, 6.07) is 11.8. The van der Waals surface area contributed by atoms with Crippen LogP contribution in [0.15, 0.2) is 48.8 Å². The zero-order valence-corrected chi connectivity index (χ0v) is 10.6. The highest BCUT2D eigenvalue weighted by Gasteiger charge is 2.09. The molecule has 0 aliphatic heterocycles. The molecule has 3 aromatic rings. The molecule has 2 aromatic heterocycles. The van der Waals surface area contributed by atoms with Gasteiger partial charge in [-0.1, -0.05) is 23.7 Å². The molecule has 0 aliphatic carbocycles. The van der Waals surface area contributed by atoms with Crippen LogP contribution in [-0.4, -0.2) is 16.4 Å². The third kappa shape index (κ3) is 1.73. The highest BCUT2D eigenvalue weighted by molar-refractivity contribution is 6.33.